The minimum atomic E-state index is -0.322. The summed E-state index contributed by atoms with van der Waals surface area (Å²) in [6.45, 7) is 0. The summed E-state index contributed by atoms with van der Waals surface area (Å²) in [5.41, 5.74) is 1.71. The van der Waals surface area contributed by atoms with Gasteiger partial charge in [-0.15, -0.1) is 0 Å². The van der Waals surface area contributed by atoms with Crippen molar-refractivity contribution in [3.05, 3.63) is 29.3 Å². The highest BCUT2D eigenvalue weighted by Crippen LogP contribution is 2.19. The van der Waals surface area contributed by atoms with Crippen LogP contribution in [-0.4, -0.2) is 18.9 Å². The van der Waals surface area contributed by atoms with E-state index in [0.717, 1.165) is 5.69 Å². The molecule has 2 amide bonds. The molecular weight excluding hydrogens is 168 g/mol. The first kappa shape index (κ1) is 7.79. The van der Waals surface area contributed by atoms with E-state index in [4.69, 9.17) is 0 Å². The summed E-state index contributed by atoms with van der Waals surface area (Å²) in [6, 6.07) is 5.06. The Morgan fingerprint density at radius 1 is 1.15 bits per heavy atom. The van der Waals surface area contributed by atoms with Crippen LogP contribution in [0.4, 0.5) is 5.69 Å². The normalized spacial score (nSPS) is 13.9. The molecule has 0 radical (unpaired) electrons. The summed E-state index contributed by atoms with van der Waals surface area (Å²) >= 11 is 0. The predicted octanol–water partition coefficient (Wildman–Crippen LogP) is 0.612. The molecule has 0 bridgehead atoms. The number of rotatable bonds is 1. The fourth-order valence-corrected chi connectivity index (χ4v) is 1.32. The Morgan fingerprint density at radius 2 is 1.85 bits per heavy atom. The number of carbonyl (C=O) groups is 2. The van der Waals surface area contributed by atoms with Crippen molar-refractivity contribution < 1.29 is 9.59 Å². The van der Waals surface area contributed by atoms with Crippen LogP contribution >= 0.6 is 0 Å². The van der Waals surface area contributed by atoms with Crippen molar-refractivity contribution in [1.82, 2.24) is 5.32 Å². The van der Waals surface area contributed by atoms with E-state index in [2.05, 4.69) is 10.6 Å². The van der Waals surface area contributed by atoms with Gasteiger partial charge in [-0.3, -0.25) is 14.9 Å². The Balaban J connectivity index is 2.58. The van der Waals surface area contributed by atoms with Gasteiger partial charge in [-0.1, -0.05) is 0 Å². The molecule has 1 aliphatic heterocycles. The Kier molecular flexibility index (Phi) is 1.55. The Morgan fingerprint density at radius 3 is 2.54 bits per heavy atom. The SMILES string of the molecule is CNc1ccc2c(c1)C(=O)NC2=O. The Labute approximate surface area is 74.9 Å². The minimum Gasteiger partial charge on any atom is -0.388 e. The molecule has 0 aromatic heterocycles. The molecule has 0 aliphatic carbocycles. The van der Waals surface area contributed by atoms with Crippen molar-refractivity contribution in [2.75, 3.05) is 12.4 Å². The second-order valence-corrected chi connectivity index (χ2v) is 2.79. The first-order chi connectivity index (χ1) is 6.22. The van der Waals surface area contributed by atoms with Crippen LogP contribution in [0.3, 0.4) is 0 Å². The van der Waals surface area contributed by atoms with E-state index >= 15 is 0 Å². The van der Waals surface area contributed by atoms with E-state index in [9.17, 15) is 9.59 Å². The van der Waals surface area contributed by atoms with E-state index < -0.39 is 0 Å². The van der Waals surface area contributed by atoms with E-state index in [1.165, 1.54) is 0 Å². The van der Waals surface area contributed by atoms with Crippen molar-refractivity contribution in [2.24, 2.45) is 0 Å². The molecule has 0 atom stereocenters. The molecule has 1 heterocycles. The Bertz CT molecular complexity index is 399. The predicted molar refractivity (Wildman–Crippen MR) is 47.8 cm³/mol. The highest BCUT2D eigenvalue weighted by molar-refractivity contribution is 6.21. The average molecular weight is 176 g/mol. The molecule has 1 aromatic carbocycles. The standard InChI is InChI=1S/C9H8N2O2/c1-10-5-2-3-6-7(4-5)9(13)11-8(6)12/h2-4,10H,1H3,(H,11,12,13). The summed E-state index contributed by atoms with van der Waals surface area (Å²) in [4.78, 5) is 22.3. The molecule has 4 heteroatoms. The number of hydrogen-bond donors (Lipinski definition) is 2. The van der Waals surface area contributed by atoms with Gasteiger partial charge in [0.2, 0.25) is 0 Å². The molecule has 0 saturated carbocycles. The molecule has 1 aromatic rings. The lowest BCUT2D eigenvalue weighted by molar-refractivity contribution is 0.0879. The lowest BCUT2D eigenvalue weighted by atomic mass is 10.1. The van der Waals surface area contributed by atoms with Crippen LogP contribution in [-0.2, 0) is 0 Å². The molecule has 0 spiro atoms. The average Bonchev–Trinajstić information content (AvgIpc) is 2.42. The van der Waals surface area contributed by atoms with E-state index in [1.54, 1.807) is 25.2 Å². The van der Waals surface area contributed by atoms with Gasteiger partial charge in [-0.2, -0.15) is 0 Å². The molecule has 0 fully saturated rings. The van der Waals surface area contributed by atoms with Crippen molar-refractivity contribution in [2.45, 2.75) is 0 Å². The first-order valence-corrected chi connectivity index (χ1v) is 3.90. The van der Waals surface area contributed by atoms with E-state index in [1.807, 2.05) is 0 Å². The van der Waals surface area contributed by atoms with Gasteiger partial charge in [0.1, 0.15) is 0 Å². The second kappa shape index (κ2) is 2.58. The lowest BCUT2D eigenvalue weighted by Gasteiger charge is -2.00. The lowest BCUT2D eigenvalue weighted by Crippen LogP contribution is -2.19. The fraction of sp³-hybridized carbons (Fsp3) is 0.111. The number of amides is 2. The molecule has 2 rings (SSSR count). The highest BCUT2D eigenvalue weighted by Gasteiger charge is 2.26. The third-order valence-corrected chi connectivity index (χ3v) is 2.02. The number of nitrogens with one attached hydrogen (secondary N) is 2. The topological polar surface area (TPSA) is 58.2 Å². The van der Waals surface area contributed by atoms with Gasteiger partial charge in [-0.25, -0.2) is 0 Å². The molecule has 0 unspecified atom stereocenters. The van der Waals surface area contributed by atoms with Crippen LogP contribution in [0.15, 0.2) is 18.2 Å². The summed E-state index contributed by atoms with van der Waals surface area (Å²) in [7, 11) is 1.76. The zero-order chi connectivity index (χ0) is 9.42. The third kappa shape index (κ3) is 1.07. The van der Waals surface area contributed by atoms with Gasteiger partial charge in [-0.05, 0) is 18.2 Å². The smallest absolute Gasteiger partial charge is 0.259 e. The molecule has 1 aliphatic rings. The second-order valence-electron chi connectivity index (χ2n) is 2.79. The van der Waals surface area contributed by atoms with Crippen LogP contribution < -0.4 is 10.6 Å². The summed E-state index contributed by atoms with van der Waals surface area (Å²) in [5, 5.41) is 5.13. The molecule has 13 heavy (non-hydrogen) atoms. The van der Waals surface area contributed by atoms with Crippen LogP contribution in [0.25, 0.3) is 0 Å². The van der Waals surface area contributed by atoms with Gasteiger partial charge < -0.3 is 5.32 Å². The summed E-state index contributed by atoms with van der Waals surface area (Å²) in [5.74, 6) is -0.639. The van der Waals surface area contributed by atoms with Gasteiger partial charge >= 0.3 is 0 Å². The molecule has 0 saturated heterocycles. The third-order valence-electron chi connectivity index (χ3n) is 2.02. The van der Waals surface area contributed by atoms with Crippen molar-refractivity contribution in [1.29, 1.82) is 0 Å². The molecule has 2 N–H and O–H groups in total. The van der Waals surface area contributed by atoms with Crippen molar-refractivity contribution >= 4 is 17.5 Å². The van der Waals surface area contributed by atoms with E-state index in [0.29, 0.717) is 11.1 Å². The van der Waals surface area contributed by atoms with E-state index in [-0.39, 0.29) is 11.8 Å². The summed E-state index contributed by atoms with van der Waals surface area (Å²) < 4.78 is 0. The maximum Gasteiger partial charge on any atom is 0.259 e. The largest absolute Gasteiger partial charge is 0.388 e. The number of fused-ring (bicyclic) bond motifs is 1. The monoisotopic (exact) mass is 176 g/mol. The Hall–Kier alpha value is -1.84. The zero-order valence-electron chi connectivity index (χ0n) is 7.05. The quantitative estimate of drug-likeness (QED) is 0.616. The van der Waals surface area contributed by atoms with Crippen LogP contribution in [0.1, 0.15) is 20.7 Å². The molecular formula is C9H8N2O2. The number of anilines is 1. The number of hydrogen-bond acceptors (Lipinski definition) is 3. The summed E-state index contributed by atoms with van der Waals surface area (Å²) in [6.07, 6.45) is 0. The number of carbonyl (C=O) groups excluding carboxylic acids is 2. The minimum absolute atomic E-state index is 0.317. The van der Waals surface area contributed by atoms with Crippen LogP contribution in [0, 0.1) is 0 Å². The zero-order valence-corrected chi connectivity index (χ0v) is 7.05. The van der Waals surface area contributed by atoms with Gasteiger partial charge in [0.25, 0.3) is 11.8 Å². The van der Waals surface area contributed by atoms with Crippen LogP contribution in [0.2, 0.25) is 0 Å². The molecule has 4 nitrogen and oxygen atoms in total. The molecule has 66 valence electrons. The number of benzene rings is 1. The van der Waals surface area contributed by atoms with Crippen molar-refractivity contribution in [3.8, 4) is 0 Å². The first-order valence-electron chi connectivity index (χ1n) is 3.90. The van der Waals surface area contributed by atoms with Gasteiger partial charge in [0.15, 0.2) is 0 Å². The number of imide groups is 1. The fourth-order valence-electron chi connectivity index (χ4n) is 1.32. The maximum absolute atomic E-state index is 11.2. The van der Waals surface area contributed by atoms with Crippen LogP contribution in [0.5, 0.6) is 0 Å². The highest BCUT2D eigenvalue weighted by atomic mass is 16.2. The van der Waals surface area contributed by atoms with Gasteiger partial charge in [0, 0.05) is 12.7 Å². The maximum atomic E-state index is 11.2. The van der Waals surface area contributed by atoms with Gasteiger partial charge in [0.05, 0.1) is 11.1 Å². The van der Waals surface area contributed by atoms with Crippen molar-refractivity contribution in [3.63, 3.8) is 0 Å².